The molecule has 0 aromatic carbocycles. The van der Waals surface area contributed by atoms with E-state index in [4.69, 9.17) is 4.42 Å². The lowest BCUT2D eigenvalue weighted by molar-refractivity contribution is -0.142. The van der Waals surface area contributed by atoms with Gasteiger partial charge in [0.25, 0.3) is 0 Å². The largest absolute Gasteiger partial charge is 0.469 e. The molecule has 5 heteroatoms. The fourth-order valence-electron chi connectivity index (χ4n) is 2.45. The van der Waals surface area contributed by atoms with E-state index in [0.29, 0.717) is 19.4 Å². The number of carbonyl (C=O) groups excluding carboxylic acids is 2. The third-order valence-corrected chi connectivity index (χ3v) is 3.46. The van der Waals surface area contributed by atoms with Gasteiger partial charge >= 0.3 is 0 Å². The van der Waals surface area contributed by atoms with Crippen molar-refractivity contribution in [2.45, 2.75) is 31.7 Å². The maximum Gasteiger partial charge on any atom is 0.244 e. The molecular formula is C14H20N2O3. The van der Waals surface area contributed by atoms with E-state index in [1.165, 1.54) is 0 Å². The Bertz CT molecular complexity index is 440. The molecule has 0 aliphatic carbocycles. The van der Waals surface area contributed by atoms with Crippen molar-refractivity contribution in [1.29, 1.82) is 0 Å². The van der Waals surface area contributed by atoms with E-state index in [1.807, 2.05) is 12.1 Å². The van der Waals surface area contributed by atoms with Crippen molar-refractivity contribution in [3.05, 3.63) is 24.2 Å². The number of likely N-dealkylation sites (N-methyl/N-ethyl adjacent to an activating group) is 1. The Morgan fingerprint density at radius 3 is 2.89 bits per heavy atom. The number of furan rings is 1. The molecule has 1 aliphatic heterocycles. The summed E-state index contributed by atoms with van der Waals surface area (Å²) in [7, 11) is 3.46. The minimum Gasteiger partial charge on any atom is -0.469 e. The summed E-state index contributed by atoms with van der Waals surface area (Å²) in [4.78, 5) is 27.5. The van der Waals surface area contributed by atoms with Gasteiger partial charge in [0.2, 0.25) is 11.8 Å². The van der Waals surface area contributed by atoms with Gasteiger partial charge in [0, 0.05) is 33.5 Å². The van der Waals surface area contributed by atoms with Crippen molar-refractivity contribution < 1.29 is 14.0 Å². The highest BCUT2D eigenvalue weighted by molar-refractivity contribution is 5.88. The number of likely N-dealkylation sites (tertiary alicyclic amines) is 1. The highest BCUT2D eigenvalue weighted by Crippen LogP contribution is 2.20. The van der Waals surface area contributed by atoms with Gasteiger partial charge < -0.3 is 14.2 Å². The minimum atomic E-state index is -0.279. The van der Waals surface area contributed by atoms with E-state index in [9.17, 15) is 9.59 Å². The van der Waals surface area contributed by atoms with Gasteiger partial charge in [-0.25, -0.2) is 0 Å². The van der Waals surface area contributed by atoms with Gasteiger partial charge in [-0.15, -0.1) is 0 Å². The quantitative estimate of drug-likeness (QED) is 0.823. The maximum atomic E-state index is 12.2. The first-order valence-electron chi connectivity index (χ1n) is 6.62. The number of hydrogen-bond acceptors (Lipinski definition) is 3. The van der Waals surface area contributed by atoms with Crippen LogP contribution in [0.2, 0.25) is 0 Å². The van der Waals surface area contributed by atoms with Crippen LogP contribution in [0.15, 0.2) is 22.8 Å². The summed E-state index contributed by atoms with van der Waals surface area (Å²) in [5.41, 5.74) is 0. The normalized spacial score (nSPS) is 18.6. The Balaban J connectivity index is 1.92. The number of rotatable bonds is 4. The number of hydrogen-bond donors (Lipinski definition) is 0. The zero-order valence-electron chi connectivity index (χ0n) is 11.5. The molecular weight excluding hydrogens is 244 g/mol. The highest BCUT2D eigenvalue weighted by Gasteiger charge is 2.34. The molecule has 0 bridgehead atoms. The van der Waals surface area contributed by atoms with Gasteiger partial charge in [0.15, 0.2) is 0 Å². The van der Waals surface area contributed by atoms with Crippen LogP contribution in [0, 0.1) is 0 Å². The minimum absolute atomic E-state index is 0.0175. The van der Waals surface area contributed by atoms with Crippen LogP contribution >= 0.6 is 0 Å². The second kappa shape index (κ2) is 5.91. The summed E-state index contributed by atoms with van der Waals surface area (Å²) in [5, 5.41) is 0. The van der Waals surface area contributed by atoms with Gasteiger partial charge in [0.1, 0.15) is 11.8 Å². The van der Waals surface area contributed by atoms with Crippen LogP contribution < -0.4 is 0 Å². The first kappa shape index (κ1) is 13.6. The highest BCUT2D eigenvalue weighted by atomic mass is 16.3. The molecule has 5 nitrogen and oxygen atoms in total. The maximum absolute atomic E-state index is 12.2. The van der Waals surface area contributed by atoms with Gasteiger partial charge in [-0.2, -0.15) is 0 Å². The third-order valence-electron chi connectivity index (χ3n) is 3.46. The summed E-state index contributed by atoms with van der Waals surface area (Å²) in [6.45, 7) is 0.682. The van der Waals surface area contributed by atoms with E-state index in [2.05, 4.69) is 0 Å². The van der Waals surface area contributed by atoms with Crippen LogP contribution in [-0.2, 0) is 16.0 Å². The fraction of sp³-hybridized carbons (Fsp3) is 0.571. The number of aryl methyl sites for hydroxylation is 1. The molecule has 1 aromatic heterocycles. The average Bonchev–Trinajstić information content (AvgIpc) is 3.05. The zero-order chi connectivity index (χ0) is 13.8. The standard InChI is InChI=1S/C14H20N2O3/c1-15(2)14(18)12-6-3-9-16(12)13(17)8-7-11-5-4-10-19-11/h4-5,10,12H,3,6-9H2,1-2H3. The lowest BCUT2D eigenvalue weighted by atomic mass is 10.1. The van der Waals surface area contributed by atoms with Gasteiger partial charge in [-0.1, -0.05) is 0 Å². The van der Waals surface area contributed by atoms with Crippen molar-refractivity contribution in [2.24, 2.45) is 0 Å². The van der Waals surface area contributed by atoms with Gasteiger partial charge in [-0.05, 0) is 25.0 Å². The van der Waals surface area contributed by atoms with Crippen molar-refractivity contribution in [2.75, 3.05) is 20.6 Å². The Morgan fingerprint density at radius 1 is 1.47 bits per heavy atom. The molecule has 2 heterocycles. The van der Waals surface area contributed by atoms with Crippen LogP contribution in [0.1, 0.15) is 25.0 Å². The van der Waals surface area contributed by atoms with Gasteiger partial charge in [0.05, 0.1) is 6.26 Å². The molecule has 19 heavy (non-hydrogen) atoms. The SMILES string of the molecule is CN(C)C(=O)C1CCCN1C(=O)CCc1ccco1. The van der Waals surface area contributed by atoms with E-state index in [-0.39, 0.29) is 17.9 Å². The summed E-state index contributed by atoms with van der Waals surface area (Å²) in [6, 6.07) is 3.40. The Hall–Kier alpha value is -1.78. The predicted octanol–water partition coefficient (Wildman–Crippen LogP) is 1.29. The second-order valence-corrected chi connectivity index (χ2v) is 5.06. The average molecular weight is 264 g/mol. The summed E-state index contributed by atoms with van der Waals surface area (Å²) < 4.78 is 5.21. The van der Waals surface area contributed by atoms with E-state index >= 15 is 0 Å². The molecule has 2 rings (SSSR count). The summed E-state index contributed by atoms with van der Waals surface area (Å²) >= 11 is 0. The molecule has 1 aliphatic rings. The monoisotopic (exact) mass is 264 g/mol. The summed E-state index contributed by atoms with van der Waals surface area (Å²) in [5.74, 6) is 0.862. The first-order valence-corrected chi connectivity index (χ1v) is 6.62. The second-order valence-electron chi connectivity index (χ2n) is 5.06. The molecule has 0 saturated carbocycles. The van der Waals surface area contributed by atoms with Crippen LogP contribution in [0.3, 0.4) is 0 Å². The Kier molecular flexibility index (Phi) is 4.24. The van der Waals surface area contributed by atoms with Gasteiger partial charge in [-0.3, -0.25) is 9.59 Å². The number of carbonyl (C=O) groups is 2. The lowest BCUT2D eigenvalue weighted by Crippen LogP contribution is -2.45. The topological polar surface area (TPSA) is 53.8 Å². The van der Waals surface area contributed by atoms with Crippen LogP contribution in [-0.4, -0.2) is 48.3 Å². The van der Waals surface area contributed by atoms with E-state index < -0.39 is 0 Å². The Labute approximate surface area is 113 Å². The van der Waals surface area contributed by atoms with Crippen molar-refractivity contribution >= 4 is 11.8 Å². The lowest BCUT2D eigenvalue weighted by Gasteiger charge is -2.26. The van der Waals surface area contributed by atoms with E-state index in [0.717, 1.165) is 18.6 Å². The molecule has 104 valence electrons. The summed E-state index contributed by atoms with van der Waals surface area (Å²) in [6.07, 6.45) is 4.25. The molecule has 1 unspecified atom stereocenters. The van der Waals surface area contributed by atoms with Crippen molar-refractivity contribution in [1.82, 2.24) is 9.80 Å². The molecule has 0 N–H and O–H groups in total. The van der Waals surface area contributed by atoms with Crippen LogP contribution in [0.4, 0.5) is 0 Å². The predicted molar refractivity (Wildman–Crippen MR) is 70.5 cm³/mol. The molecule has 1 fully saturated rings. The molecule has 1 aromatic rings. The molecule has 0 spiro atoms. The number of amides is 2. The van der Waals surface area contributed by atoms with E-state index in [1.54, 1.807) is 30.2 Å². The van der Waals surface area contributed by atoms with Crippen LogP contribution in [0.5, 0.6) is 0 Å². The third kappa shape index (κ3) is 3.16. The Morgan fingerprint density at radius 2 is 2.26 bits per heavy atom. The number of nitrogens with zero attached hydrogens (tertiary/aromatic N) is 2. The molecule has 1 atom stereocenters. The van der Waals surface area contributed by atoms with Crippen molar-refractivity contribution in [3.63, 3.8) is 0 Å². The molecule has 0 radical (unpaired) electrons. The molecule has 1 saturated heterocycles. The van der Waals surface area contributed by atoms with Crippen molar-refractivity contribution in [3.8, 4) is 0 Å². The van der Waals surface area contributed by atoms with Crippen LogP contribution in [0.25, 0.3) is 0 Å². The zero-order valence-corrected chi connectivity index (χ0v) is 11.5. The molecule has 2 amide bonds. The smallest absolute Gasteiger partial charge is 0.244 e. The first-order chi connectivity index (χ1) is 9.09. The fourth-order valence-corrected chi connectivity index (χ4v) is 2.45.